The number of carbonyl (C=O) groups is 1. The summed E-state index contributed by atoms with van der Waals surface area (Å²) in [5, 5.41) is 2.70. The lowest BCUT2D eigenvalue weighted by Crippen LogP contribution is -2.54. The van der Waals surface area contributed by atoms with E-state index in [1.165, 1.54) is 6.26 Å². The first-order valence-electron chi connectivity index (χ1n) is 5.63. The maximum atomic E-state index is 11.9. The lowest BCUT2D eigenvalue weighted by molar-refractivity contribution is 0.0846. The van der Waals surface area contributed by atoms with Crippen molar-refractivity contribution in [1.82, 2.24) is 10.2 Å². The molecule has 2 rings (SSSR count). The molecule has 1 aromatic heterocycles. The summed E-state index contributed by atoms with van der Waals surface area (Å²) >= 11 is 17.8. The molecular weight excluding hydrogens is 298 g/mol. The number of rotatable bonds is 3. The predicted octanol–water partition coefficient (Wildman–Crippen LogP) is 2.80. The number of alkyl halides is 3. The molecule has 100 valence electrons. The topological polar surface area (TPSA) is 45.5 Å². The number of hydrogen-bond donors (Lipinski definition) is 1. The molecule has 1 aromatic rings. The van der Waals surface area contributed by atoms with Gasteiger partial charge >= 0.3 is 0 Å². The summed E-state index contributed by atoms with van der Waals surface area (Å²) in [5.74, 6) is -0.184. The molecule has 1 atom stereocenters. The lowest BCUT2D eigenvalue weighted by atomic mass is 10.4. The largest absolute Gasteiger partial charge is 0.459 e. The van der Waals surface area contributed by atoms with E-state index in [9.17, 15) is 4.79 Å². The molecule has 1 unspecified atom stereocenters. The van der Waals surface area contributed by atoms with Crippen molar-refractivity contribution in [1.29, 1.82) is 0 Å². The van der Waals surface area contributed by atoms with Gasteiger partial charge in [-0.25, -0.2) is 0 Å². The van der Waals surface area contributed by atoms with Gasteiger partial charge < -0.3 is 9.73 Å². The van der Waals surface area contributed by atoms with Crippen LogP contribution in [-0.4, -0.2) is 33.9 Å². The highest BCUT2D eigenvalue weighted by atomic mass is 35.6. The van der Waals surface area contributed by atoms with Gasteiger partial charge in [0.15, 0.2) is 5.76 Å². The van der Waals surface area contributed by atoms with Crippen molar-refractivity contribution in [3.05, 3.63) is 24.2 Å². The van der Waals surface area contributed by atoms with Crippen LogP contribution in [0.2, 0.25) is 0 Å². The zero-order valence-electron chi connectivity index (χ0n) is 9.54. The van der Waals surface area contributed by atoms with Gasteiger partial charge in [-0.2, -0.15) is 0 Å². The van der Waals surface area contributed by atoms with Crippen molar-refractivity contribution >= 4 is 40.7 Å². The van der Waals surface area contributed by atoms with E-state index in [4.69, 9.17) is 39.2 Å². The van der Waals surface area contributed by atoms with Crippen LogP contribution in [0.15, 0.2) is 22.8 Å². The van der Waals surface area contributed by atoms with Crippen molar-refractivity contribution in [2.24, 2.45) is 0 Å². The number of nitrogens with zero attached hydrogens (tertiary/aromatic N) is 1. The van der Waals surface area contributed by atoms with Crippen LogP contribution in [-0.2, 0) is 0 Å². The third-order valence-corrected chi connectivity index (χ3v) is 3.45. The first-order valence-corrected chi connectivity index (χ1v) is 6.77. The average Bonchev–Trinajstić information content (AvgIpc) is 2.96. The Morgan fingerprint density at radius 2 is 2.06 bits per heavy atom. The Kier molecular flexibility index (Phi) is 4.43. The Hall–Kier alpha value is -0.420. The summed E-state index contributed by atoms with van der Waals surface area (Å²) < 4.78 is 3.43. The van der Waals surface area contributed by atoms with Gasteiger partial charge in [0.25, 0.3) is 5.91 Å². The standard InChI is InChI=1S/C11H13Cl3N2O2/c12-11(13,14)10(16-5-1-2-6-16)15-9(17)8-4-3-7-18-8/h3-4,7,10H,1-2,5-6H2,(H,15,17). The van der Waals surface area contributed by atoms with Crippen molar-refractivity contribution in [2.45, 2.75) is 22.8 Å². The van der Waals surface area contributed by atoms with Gasteiger partial charge in [0, 0.05) is 13.1 Å². The Bertz CT molecular complexity index is 397. The van der Waals surface area contributed by atoms with Crippen LogP contribution in [0.3, 0.4) is 0 Å². The number of likely N-dealkylation sites (tertiary alicyclic amines) is 1. The quantitative estimate of drug-likeness (QED) is 0.873. The van der Waals surface area contributed by atoms with E-state index in [1.807, 2.05) is 4.90 Å². The predicted molar refractivity (Wildman–Crippen MR) is 71.1 cm³/mol. The van der Waals surface area contributed by atoms with Gasteiger partial charge in [-0.1, -0.05) is 34.8 Å². The molecule has 1 aliphatic rings. The van der Waals surface area contributed by atoms with Crippen LogP contribution in [0, 0.1) is 0 Å². The van der Waals surface area contributed by atoms with E-state index in [2.05, 4.69) is 5.32 Å². The highest BCUT2D eigenvalue weighted by molar-refractivity contribution is 6.68. The molecule has 2 heterocycles. The van der Waals surface area contributed by atoms with Gasteiger partial charge in [0.05, 0.1) is 6.26 Å². The second-order valence-corrected chi connectivity index (χ2v) is 6.51. The smallest absolute Gasteiger partial charge is 0.288 e. The van der Waals surface area contributed by atoms with E-state index < -0.39 is 9.96 Å². The molecule has 0 saturated carbocycles. The maximum absolute atomic E-state index is 11.9. The minimum Gasteiger partial charge on any atom is -0.459 e. The molecular formula is C11H13Cl3N2O2. The molecule has 1 fully saturated rings. The van der Waals surface area contributed by atoms with Crippen LogP contribution in [0.5, 0.6) is 0 Å². The first kappa shape index (κ1) is 14.0. The number of carbonyl (C=O) groups excluding carboxylic acids is 1. The van der Waals surface area contributed by atoms with E-state index in [0.717, 1.165) is 25.9 Å². The highest BCUT2D eigenvalue weighted by Gasteiger charge is 2.39. The maximum Gasteiger partial charge on any atom is 0.288 e. The summed E-state index contributed by atoms with van der Waals surface area (Å²) in [4.78, 5) is 13.9. The van der Waals surface area contributed by atoms with Crippen molar-refractivity contribution in [3.63, 3.8) is 0 Å². The Morgan fingerprint density at radius 3 is 2.56 bits per heavy atom. The van der Waals surface area contributed by atoms with Gasteiger partial charge in [-0.15, -0.1) is 0 Å². The minimum atomic E-state index is -1.58. The highest BCUT2D eigenvalue weighted by Crippen LogP contribution is 2.33. The van der Waals surface area contributed by atoms with Crippen LogP contribution < -0.4 is 5.32 Å². The van der Waals surface area contributed by atoms with Crippen LogP contribution in [0.1, 0.15) is 23.4 Å². The van der Waals surface area contributed by atoms with Gasteiger partial charge in [-0.3, -0.25) is 9.69 Å². The van der Waals surface area contributed by atoms with Gasteiger partial charge in [0.1, 0.15) is 6.17 Å². The summed E-state index contributed by atoms with van der Waals surface area (Å²) in [6, 6.07) is 3.20. The third kappa shape index (κ3) is 3.32. The lowest BCUT2D eigenvalue weighted by Gasteiger charge is -2.33. The van der Waals surface area contributed by atoms with Crippen molar-refractivity contribution in [2.75, 3.05) is 13.1 Å². The zero-order chi connectivity index (χ0) is 13.2. The number of halogens is 3. The Labute approximate surface area is 120 Å². The molecule has 4 nitrogen and oxygen atoms in total. The molecule has 1 saturated heterocycles. The number of nitrogens with one attached hydrogen (secondary N) is 1. The van der Waals surface area contributed by atoms with E-state index in [0.29, 0.717) is 0 Å². The molecule has 18 heavy (non-hydrogen) atoms. The monoisotopic (exact) mass is 310 g/mol. The van der Waals surface area contributed by atoms with Gasteiger partial charge in [0.2, 0.25) is 3.79 Å². The number of hydrogen-bond acceptors (Lipinski definition) is 3. The molecule has 0 bridgehead atoms. The Balaban J connectivity index is 2.08. The second-order valence-electron chi connectivity index (χ2n) is 4.14. The molecule has 0 spiro atoms. The van der Waals surface area contributed by atoms with Crippen LogP contribution in [0.4, 0.5) is 0 Å². The summed E-state index contributed by atoms with van der Waals surface area (Å²) in [7, 11) is 0. The summed E-state index contributed by atoms with van der Waals surface area (Å²) in [6.45, 7) is 1.61. The fourth-order valence-corrected chi connectivity index (χ4v) is 2.56. The SMILES string of the molecule is O=C(NC(N1CCCC1)C(Cl)(Cl)Cl)c1ccco1. The fraction of sp³-hybridized carbons (Fsp3) is 0.545. The molecule has 0 aromatic carbocycles. The molecule has 1 aliphatic heterocycles. The normalized spacial score (nSPS) is 18.8. The minimum absolute atomic E-state index is 0.202. The van der Waals surface area contributed by atoms with E-state index in [-0.39, 0.29) is 11.7 Å². The summed E-state index contributed by atoms with van der Waals surface area (Å²) in [6.07, 6.45) is 2.85. The average molecular weight is 312 g/mol. The summed E-state index contributed by atoms with van der Waals surface area (Å²) in [5.41, 5.74) is 0. The van der Waals surface area contributed by atoms with Crippen molar-refractivity contribution < 1.29 is 9.21 Å². The molecule has 0 aliphatic carbocycles. The van der Waals surface area contributed by atoms with Crippen LogP contribution in [0.25, 0.3) is 0 Å². The molecule has 0 radical (unpaired) electrons. The van der Waals surface area contributed by atoms with Gasteiger partial charge in [-0.05, 0) is 25.0 Å². The molecule has 7 heteroatoms. The number of furan rings is 1. The third-order valence-electron chi connectivity index (χ3n) is 2.83. The Morgan fingerprint density at radius 1 is 1.39 bits per heavy atom. The van der Waals surface area contributed by atoms with Crippen molar-refractivity contribution in [3.8, 4) is 0 Å². The van der Waals surface area contributed by atoms with E-state index in [1.54, 1.807) is 12.1 Å². The first-order chi connectivity index (χ1) is 8.48. The number of amides is 1. The van der Waals surface area contributed by atoms with Crippen LogP contribution >= 0.6 is 34.8 Å². The fourth-order valence-electron chi connectivity index (χ4n) is 1.98. The molecule has 1 N–H and O–H groups in total. The van der Waals surface area contributed by atoms with E-state index >= 15 is 0 Å². The second kappa shape index (κ2) is 5.70. The molecule has 1 amide bonds. The zero-order valence-corrected chi connectivity index (χ0v) is 11.8.